The minimum atomic E-state index is -0.762. The Hall–Kier alpha value is -3.22. The molecule has 124 valence electrons. The Morgan fingerprint density at radius 2 is 2.04 bits per heavy atom. The summed E-state index contributed by atoms with van der Waals surface area (Å²) in [5.41, 5.74) is 0.143. The Balaban J connectivity index is 2.33. The van der Waals surface area contributed by atoms with Crippen molar-refractivity contribution in [2.24, 2.45) is 0 Å². The van der Waals surface area contributed by atoms with Crippen molar-refractivity contribution in [3.05, 3.63) is 69.0 Å². The van der Waals surface area contributed by atoms with Crippen LogP contribution in [0.25, 0.3) is 6.08 Å². The molecule has 0 amide bonds. The summed E-state index contributed by atoms with van der Waals surface area (Å²) in [5.74, 6) is -1.83. The van der Waals surface area contributed by atoms with Crippen molar-refractivity contribution < 1.29 is 24.0 Å². The van der Waals surface area contributed by atoms with E-state index in [4.69, 9.17) is 4.74 Å². The van der Waals surface area contributed by atoms with Gasteiger partial charge >= 0.3 is 5.69 Å². The molecular formula is C17H14FNO5. The van der Waals surface area contributed by atoms with Gasteiger partial charge in [-0.25, -0.2) is 4.39 Å². The molecule has 0 heterocycles. The lowest BCUT2D eigenvalue weighted by atomic mass is 10.0. The Labute approximate surface area is 137 Å². The van der Waals surface area contributed by atoms with Gasteiger partial charge in [0.2, 0.25) is 5.75 Å². The summed E-state index contributed by atoms with van der Waals surface area (Å²) in [6, 6.07) is 6.66. The number of aromatic hydroxyl groups is 1. The number of methoxy groups -OCH3 is 1. The van der Waals surface area contributed by atoms with Crippen LogP contribution in [-0.2, 0) is 0 Å². The highest BCUT2D eigenvalue weighted by atomic mass is 19.1. The number of ether oxygens (including phenoxy) is 1. The molecule has 0 aliphatic rings. The summed E-state index contributed by atoms with van der Waals surface area (Å²) in [5, 5.41) is 20.8. The SMILES string of the molecule is COc1ccc(/C=C/C(=O)c2cc(C)cc([N+](=O)[O-])c2O)cc1F. The number of phenolic OH excluding ortho intramolecular Hbond substituents is 1. The second-order valence-corrected chi connectivity index (χ2v) is 5.03. The lowest BCUT2D eigenvalue weighted by molar-refractivity contribution is -0.385. The first kappa shape index (κ1) is 17.1. The van der Waals surface area contributed by atoms with Crippen molar-refractivity contribution in [1.29, 1.82) is 0 Å². The number of hydrogen-bond acceptors (Lipinski definition) is 5. The third kappa shape index (κ3) is 3.57. The monoisotopic (exact) mass is 331 g/mol. The van der Waals surface area contributed by atoms with Crippen LogP contribution in [0.15, 0.2) is 36.4 Å². The highest BCUT2D eigenvalue weighted by Gasteiger charge is 2.21. The van der Waals surface area contributed by atoms with E-state index in [1.807, 2.05) is 0 Å². The predicted molar refractivity (Wildman–Crippen MR) is 85.8 cm³/mol. The maximum atomic E-state index is 13.6. The highest BCUT2D eigenvalue weighted by molar-refractivity contribution is 6.09. The maximum Gasteiger partial charge on any atom is 0.311 e. The van der Waals surface area contributed by atoms with Gasteiger partial charge in [-0.1, -0.05) is 12.1 Å². The fraction of sp³-hybridized carbons (Fsp3) is 0.118. The minimum absolute atomic E-state index is 0.0745. The summed E-state index contributed by atoms with van der Waals surface area (Å²) in [4.78, 5) is 22.3. The van der Waals surface area contributed by atoms with E-state index in [0.29, 0.717) is 11.1 Å². The van der Waals surface area contributed by atoms with E-state index < -0.39 is 28.0 Å². The number of ketones is 1. The van der Waals surface area contributed by atoms with Crippen molar-refractivity contribution >= 4 is 17.5 Å². The standard InChI is InChI=1S/C17H14FNO5/c1-10-7-12(17(21)14(8-10)19(22)23)15(20)5-3-11-4-6-16(24-2)13(18)9-11/h3-9,21H,1-2H3/b5-3+. The topological polar surface area (TPSA) is 89.7 Å². The molecule has 0 aliphatic heterocycles. The summed E-state index contributed by atoms with van der Waals surface area (Å²) in [6.45, 7) is 1.58. The molecule has 0 saturated heterocycles. The van der Waals surface area contributed by atoms with Gasteiger partial charge in [-0.3, -0.25) is 14.9 Å². The number of rotatable bonds is 5. The van der Waals surface area contributed by atoms with E-state index in [2.05, 4.69) is 0 Å². The zero-order valence-corrected chi connectivity index (χ0v) is 12.9. The van der Waals surface area contributed by atoms with Crippen LogP contribution in [0.2, 0.25) is 0 Å². The Kier molecular flexibility index (Phi) is 4.93. The van der Waals surface area contributed by atoms with Gasteiger partial charge in [0, 0.05) is 6.07 Å². The summed E-state index contributed by atoms with van der Waals surface area (Å²) in [6.07, 6.45) is 2.46. The fourth-order valence-corrected chi connectivity index (χ4v) is 2.13. The number of carbonyl (C=O) groups excluding carboxylic acids is 1. The molecule has 0 saturated carbocycles. The first-order chi connectivity index (χ1) is 11.3. The van der Waals surface area contributed by atoms with Gasteiger partial charge in [-0.05, 0) is 42.3 Å². The molecule has 24 heavy (non-hydrogen) atoms. The van der Waals surface area contributed by atoms with Gasteiger partial charge in [-0.15, -0.1) is 0 Å². The number of nitro groups is 1. The van der Waals surface area contributed by atoms with E-state index in [1.165, 1.54) is 37.5 Å². The van der Waals surface area contributed by atoms with E-state index in [0.717, 1.165) is 6.08 Å². The van der Waals surface area contributed by atoms with Crippen LogP contribution >= 0.6 is 0 Å². The quantitative estimate of drug-likeness (QED) is 0.391. The van der Waals surface area contributed by atoms with Gasteiger partial charge in [0.15, 0.2) is 17.3 Å². The largest absolute Gasteiger partial charge is 0.502 e. The molecule has 0 aromatic heterocycles. The zero-order chi connectivity index (χ0) is 17.9. The molecule has 0 atom stereocenters. The van der Waals surface area contributed by atoms with Crippen LogP contribution in [-0.4, -0.2) is 22.9 Å². The van der Waals surface area contributed by atoms with Crippen LogP contribution in [0.5, 0.6) is 11.5 Å². The Bertz CT molecular complexity index is 845. The molecule has 0 unspecified atom stereocenters. The van der Waals surface area contributed by atoms with Crippen LogP contribution in [0, 0.1) is 22.9 Å². The van der Waals surface area contributed by atoms with Crippen molar-refractivity contribution in [1.82, 2.24) is 0 Å². The van der Waals surface area contributed by atoms with Gasteiger partial charge in [0.25, 0.3) is 0 Å². The minimum Gasteiger partial charge on any atom is -0.502 e. The number of halogens is 1. The molecule has 2 aromatic rings. The van der Waals surface area contributed by atoms with Crippen LogP contribution in [0.3, 0.4) is 0 Å². The molecule has 1 N–H and O–H groups in total. The number of nitrogens with zero attached hydrogens (tertiary/aromatic N) is 1. The van der Waals surface area contributed by atoms with Gasteiger partial charge in [0.05, 0.1) is 17.6 Å². The maximum absolute atomic E-state index is 13.6. The molecule has 0 spiro atoms. The lowest BCUT2D eigenvalue weighted by Crippen LogP contribution is -1.99. The number of aryl methyl sites for hydroxylation is 1. The summed E-state index contributed by atoms with van der Waals surface area (Å²) >= 11 is 0. The molecule has 0 aliphatic carbocycles. The summed E-state index contributed by atoms with van der Waals surface area (Å²) < 4.78 is 18.4. The van der Waals surface area contributed by atoms with Gasteiger partial charge < -0.3 is 9.84 Å². The number of carbonyl (C=O) groups is 1. The molecule has 2 aromatic carbocycles. The van der Waals surface area contributed by atoms with Crippen molar-refractivity contribution in [2.75, 3.05) is 7.11 Å². The third-order valence-electron chi connectivity index (χ3n) is 3.30. The molecule has 2 rings (SSSR count). The van der Waals surface area contributed by atoms with Gasteiger partial charge in [-0.2, -0.15) is 0 Å². The predicted octanol–water partition coefficient (Wildman–Crippen LogP) is 3.65. The molecule has 0 bridgehead atoms. The normalized spacial score (nSPS) is 10.8. The number of benzene rings is 2. The van der Waals surface area contributed by atoms with E-state index >= 15 is 0 Å². The molecule has 6 nitrogen and oxygen atoms in total. The van der Waals surface area contributed by atoms with Crippen molar-refractivity contribution in [3.8, 4) is 11.5 Å². The van der Waals surface area contributed by atoms with Gasteiger partial charge in [0.1, 0.15) is 0 Å². The molecular weight excluding hydrogens is 317 g/mol. The number of allylic oxidation sites excluding steroid dienone is 1. The first-order valence-corrected chi connectivity index (χ1v) is 6.87. The van der Waals surface area contributed by atoms with Crippen LogP contribution in [0.1, 0.15) is 21.5 Å². The molecule has 0 radical (unpaired) electrons. The average Bonchev–Trinajstić information content (AvgIpc) is 2.54. The van der Waals surface area contributed by atoms with E-state index in [9.17, 15) is 24.4 Å². The summed E-state index contributed by atoms with van der Waals surface area (Å²) in [7, 11) is 1.34. The third-order valence-corrected chi connectivity index (χ3v) is 3.30. The zero-order valence-electron chi connectivity index (χ0n) is 12.9. The number of phenols is 1. The average molecular weight is 331 g/mol. The van der Waals surface area contributed by atoms with Crippen molar-refractivity contribution in [3.63, 3.8) is 0 Å². The lowest BCUT2D eigenvalue weighted by Gasteiger charge is -2.04. The highest BCUT2D eigenvalue weighted by Crippen LogP contribution is 2.31. The van der Waals surface area contributed by atoms with Crippen LogP contribution < -0.4 is 4.74 Å². The molecule has 7 heteroatoms. The smallest absolute Gasteiger partial charge is 0.311 e. The van der Waals surface area contributed by atoms with Crippen LogP contribution in [0.4, 0.5) is 10.1 Å². The van der Waals surface area contributed by atoms with E-state index in [-0.39, 0.29) is 11.3 Å². The second-order valence-electron chi connectivity index (χ2n) is 5.03. The fourth-order valence-electron chi connectivity index (χ4n) is 2.13. The molecule has 0 fully saturated rings. The Morgan fingerprint density at radius 1 is 1.33 bits per heavy atom. The number of hydrogen-bond donors (Lipinski definition) is 1. The number of nitro benzene ring substituents is 1. The Morgan fingerprint density at radius 3 is 2.62 bits per heavy atom. The van der Waals surface area contributed by atoms with E-state index in [1.54, 1.807) is 13.0 Å². The second kappa shape index (κ2) is 6.91. The van der Waals surface area contributed by atoms with Crippen molar-refractivity contribution in [2.45, 2.75) is 6.92 Å². The first-order valence-electron chi connectivity index (χ1n) is 6.87.